The lowest BCUT2D eigenvalue weighted by atomic mass is 10.2. The molecule has 0 unspecified atom stereocenters. The van der Waals surface area contributed by atoms with Gasteiger partial charge in [0.1, 0.15) is 0 Å². The fraction of sp³-hybridized carbons (Fsp3) is 0.417. The minimum absolute atomic E-state index is 0.0205. The quantitative estimate of drug-likeness (QED) is 0.669. The molecule has 4 N–H and O–H groups in total. The summed E-state index contributed by atoms with van der Waals surface area (Å²) >= 11 is 0. The molecule has 0 aromatic heterocycles. The second kappa shape index (κ2) is 6.88. The molecule has 0 aliphatic rings. The van der Waals surface area contributed by atoms with Gasteiger partial charge in [0.25, 0.3) is 0 Å². The molecule has 0 aliphatic carbocycles. The molecule has 0 bridgehead atoms. The van der Waals surface area contributed by atoms with Crippen molar-refractivity contribution in [2.24, 2.45) is 5.73 Å². The first-order valence-corrected chi connectivity index (χ1v) is 5.67. The molecule has 1 rings (SSSR count). The van der Waals surface area contributed by atoms with Crippen LogP contribution in [0.3, 0.4) is 0 Å². The van der Waals surface area contributed by atoms with Gasteiger partial charge < -0.3 is 21.1 Å². The number of hydrogen-bond donors (Lipinski definition) is 3. The zero-order chi connectivity index (χ0) is 12.7. The number of likely N-dealkylation sites (N-methyl/N-ethyl adjacent to an activating group) is 1. The average Bonchev–Trinajstić information content (AvgIpc) is 2.37. The number of nitrogens with one attached hydrogen (secondary N) is 1. The maximum absolute atomic E-state index is 11.1. The van der Waals surface area contributed by atoms with Crippen LogP contribution in [0.2, 0.25) is 0 Å². The Kier molecular flexibility index (Phi) is 5.45. The highest BCUT2D eigenvalue weighted by Crippen LogP contribution is 2.17. The molecule has 0 fully saturated rings. The molecular weight excluding hydrogens is 218 g/mol. The standard InChI is InChI=1S/C12H19N3O2/c1-2-15(7-8-16)11-5-3-10(4-6-11)14-12(17)9-13/h3-6,16H,2,7-9,13H2,1H3,(H,14,17). The van der Waals surface area contributed by atoms with Crippen LogP contribution in [-0.2, 0) is 4.79 Å². The molecule has 94 valence electrons. The number of carbonyl (C=O) groups excluding carboxylic acids is 1. The molecule has 1 amide bonds. The van der Waals surface area contributed by atoms with E-state index in [2.05, 4.69) is 10.2 Å². The summed E-state index contributed by atoms with van der Waals surface area (Å²) in [6.45, 7) is 3.56. The van der Waals surface area contributed by atoms with Crippen LogP contribution >= 0.6 is 0 Å². The number of carbonyl (C=O) groups is 1. The Morgan fingerprint density at radius 1 is 1.41 bits per heavy atom. The molecule has 0 saturated heterocycles. The van der Waals surface area contributed by atoms with Gasteiger partial charge in [-0.2, -0.15) is 0 Å². The summed E-state index contributed by atoms with van der Waals surface area (Å²) in [5.41, 5.74) is 6.96. The predicted octanol–water partition coefficient (Wildman–Crippen LogP) is 0.402. The Hall–Kier alpha value is -1.59. The lowest BCUT2D eigenvalue weighted by Crippen LogP contribution is -2.26. The number of hydrogen-bond acceptors (Lipinski definition) is 4. The van der Waals surface area contributed by atoms with Crippen LogP contribution in [-0.4, -0.2) is 37.3 Å². The van der Waals surface area contributed by atoms with E-state index < -0.39 is 0 Å². The molecular formula is C12H19N3O2. The Morgan fingerprint density at radius 2 is 2.06 bits per heavy atom. The average molecular weight is 237 g/mol. The highest BCUT2D eigenvalue weighted by Gasteiger charge is 2.04. The minimum Gasteiger partial charge on any atom is -0.395 e. The lowest BCUT2D eigenvalue weighted by Gasteiger charge is -2.22. The summed E-state index contributed by atoms with van der Waals surface area (Å²) < 4.78 is 0. The number of nitrogens with two attached hydrogens (primary N) is 1. The van der Waals surface area contributed by atoms with Crippen molar-refractivity contribution >= 4 is 17.3 Å². The van der Waals surface area contributed by atoms with E-state index in [1.807, 2.05) is 31.2 Å². The van der Waals surface area contributed by atoms with Crippen molar-refractivity contribution in [2.45, 2.75) is 6.92 Å². The third-order valence-electron chi connectivity index (χ3n) is 2.45. The summed E-state index contributed by atoms with van der Waals surface area (Å²) in [7, 11) is 0. The van der Waals surface area contributed by atoms with E-state index in [9.17, 15) is 4.79 Å². The van der Waals surface area contributed by atoms with Crippen molar-refractivity contribution in [3.05, 3.63) is 24.3 Å². The molecule has 0 spiro atoms. The van der Waals surface area contributed by atoms with Gasteiger partial charge >= 0.3 is 0 Å². The minimum atomic E-state index is -0.208. The normalized spacial score (nSPS) is 10.1. The van der Waals surface area contributed by atoms with E-state index in [1.54, 1.807) is 0 Å². The number of anilines is 2. The molecule has 0 saturated carbocycles. The van der Waals surface area contributed by atoms with Crippen molar-refractivity contribution in [2.75, 3.05) is 36.5 Å². The van der Waals surface area contributed by atoms with Crippen LogP contribution in [0.5, 0.6) is 0 Å². The third kappa shape index (κ3) is 4.05. The lowest BCUT2D eigenvalue weighted by molar-refractivity contribution is -0.114. The summed E-state index contributed by atoms with van der Waals surface area (Å²) in [4.78, 5) is 13.1. The maximum Gasteiger partial charge on any atom is 0.238 e. The van der Waals surface area contributed by atoms with E-state index in [0.717, 1.165) is 17.9 Å². The molecule has 17 heavy (non-hydrogen) atoms. The van der Waals surface area contributed by atoms with Crippen LogP contribution in [0.25, 0.3) is 0 Å². The number of benzene rings is 1. The largest absolute Gasteiger partial charge is 0.395 e. The van der Waals surface area contributed by atoms with Crippen LogP contribution in [0.1, 0.15) is 6.92 Å². The summed E-state index contributed by atoms with van der Waals surface area (Å²) in [5, 5.41) is 11.6. The molecule has 0 atom stereocenters. The fourth-order valence-electron chi connectivity index (χ4n) is 1.56. The molecule has 1 aromatic carbocycles. The van der Waals surface area contributed by atoms with E-state index >= 15 is 0 Å². The summed E-state index contributed by atoms with van der Waals surface area (Å²) in [6, 6.07) is 7.46. The number of aliphatic hydroxyl groups excluding tert-OH is 1. The Bertz CT molecular complexity index is 351. The first kappa shape index (κ1) is 13.5. The molecule has 0 heterocycles. The second-order valence-corrected chi connectivity index (χ2v) is 3.60. The van der Waals surface area contributed by atoms with Gasteiger partial charge in [-0.15, -0.1) is 0 Å². The number of nitrogens with zero attached hydrogens (tertiary/aromatic N) is 1. The van der Waals surface area contributed by atoms with Crippen molar-refractivity contribution < 1.29 is 9.90 Å². The zero-order valence-corrected chi connectivity index (χ0v) is 10.0. The van der Waals surface area contributed by atoms with E-state index in [-0.39, 0.29) is 19.1 Å². The van der Waals surface area contributed by atoms with Crippen molar-refractivity contribution in [3.63, 3.8) is 0 Å². The van der Waals surface area contributed by atoms with Crippen LogP contribution in [0.4, 0.5) is 11.4 Å². The SMILES string of the molecule is CCN(CCO)c1ccc(NC(=O)CN)cc1. The smallest absolute Gasteiger partial charge is 0.238 e. The number of amides is 1. The number of aliphatic hydroxyl groups is 1. The number of rotatable bonds is 6. The van der Waals surface area contributed by atoms with E-state index in [0.29, 0.717) is 6.54 Å². The summed E-state index contributed by atoms with van der Waals surface area (Å²) in [6.07, 6.45) is 0. The van der Waals surface area contributed by atoms with Gasteiger partial charge in [-0.1, -0.05) is 0 Å². The van der Waals surface area contributed by atoms with Crippen molar-refractivity contribution in [1.82, 2.24) is 0 Å². The van der Waals surface area contributed by atoms with Gasteiger partial charge in [0.05, 0.1) is 13.2 Å². The van der Waals surface area contributed by atoms with Gasteiger partial charge in [0, 0.05) is 24.5 Å². The molecule has 0 aliphatic heterocycles. The van der Waals surface area contributed by atoms with Gasteiger partial charge in [-0.05, 0) is 31.2 Å². The first-order chi connectivity index (χ1) is 8.21. The van der Waals surface area contributed by atoms with Gasteiger partial charge in [0.2, 0.25) is 5.91 Å². The Labute approximate surface area is 101 Å². The van der Waals surface area contributed by atoms with Gasteiger partial charge in [0.15, 0.2) is 0 Å². The Morgan fingerprint density at radius 3 is 2.53 bits per heavy atom. The molecule has 0 radical (unpaired) electrons. The zero-order valence-electron chi connectivity index (χ0n) is 10.0. The predicted molar refractivity (Wildman–Crippen MR) is 69.1 cm³/mol. The first-order valence-electron chi connectivity index (χ1n) is 5.67. The molecule has 1 aromatic rings. The van der Waals surface area contributed by atoms with Crippen LogP contribution in [0.15, 0.2) is 24.3 Å². The summed E-state index contributed by atoms with van der Waals surface area (Å²) in [5.74, 6) is -0.208. The van der Waals surface area contributed by atoms with Gasteiger partial charge in [-0.25, -0.2) is 0 Å². The molecule has 5 nitrogen and oxygen atoms in total. The molecule has 5 heteroatoms. The van der Waals surface area contributed by atoms with E-state index in [4.69, 9.17) is 10.8 Å². The maximum atomic E-state index is 11.1. The highest BCUT2D eigenvalue weighted by molar-refractivity contribution is 5.92. The third-order valence-corrected chi connectivity index (χ3v) is 2.45. The van der Waals surface area contributed by atoms with Crippen molar-refractivity contribution in [3.8, 4) is 0 Å². The van der Waals surface area contributed by atoms with Crippen LogP contribution < -0.4 is 16.0 Å². The van der Waals surface area contributed by atoms with E-state index in [1.165, 1.54) is 0 Å². The van der Waals surface area contributed by atoms with Crippen LogP contribution in [0, 0.1) is 0 Å². The second-order valence-electron chi connectivity index (χ2n) is 3.60. The monoisotopic (exact) mass is 237 g/mol. The van der Waals surface area contributed by atoms with Crippen molar-refractivity contribution in [1.29, 1.82) is 0 Å². The fourth-order valence-corrected chi connectivity index (χ4v) is 1.56. The topological polar surface area (TPSA) is 78.6 Å². The Balaban J connectivity index is 2.69. The van der Waals surface area contributed by atoms with Gasteiger partial charge in [-0.3, -0.25) is 4.79 Å². The highest BCUT2D eigenvalue weighted by atomic mass is 16.3.